The van der Waals surface area contributed by atoms with Crippen LogP contribution in [0.3, 0.4) is 0 Å². The summed E-state index contributed by atoms with van der Waals surface area (Å²) in [6.45, 7) is 0.0277. The second kappa shape index (κ2) is 8.81. The maximum atomic E-state index is 14.0. The molecule has 2 amide bonds. The van der Waals surface area contributed by atoms with E-state index in [-0.39, 0.29) is 31.0 Å². The van der Waals surface area contributed by atoms with Crippen molar-refractivity contribution in [1.82, 2.24) is 5.32 Å². The van der Waals surface area contributed by atoms with Crippen LogP contribution in [-0.2, 0) is 19.1 Å². The first-order valence-electron chi connectivity index (χ1n) is 9.06. The summed E-state index contributed by atoms with van der Waals surface area (Å²) in [6, 6.07) is 10.5. The number of rotatable bonds is 6. The molecule has 0 aliphatic carbocycles. The van der Waals surface area contributed by atoms with Crippen molar-refractivity contribution >= 4 is 23.5 Å². The van der Waals surface area contributed by atoms with Gasteiger partial charge in [-0.1, -0.05) is 24.3 Å². The van der Waals surface area contributed by atoms with E-state index in [1.165, 1.54) is 54.5 Å². The molecule has 1 heterocycles. The van der Waals surface area contributed by atoms with Crippen molar-refractivity contribution < 1.29 is 27.9 Å². The molecule has 1 fully saturated rings. The number of carbonyl (C=O) groups is 3. The minimum atomic E-state index is -0.742. The lowest BCUT2D eigenvalue weighted by atomic mass is 10.0. The lowest BCUT2D eigenvalue weighted by Crippen LogP contribution is -2.36. The Kier molecular flexibility index (Phi) is 6.21. The van der Waals surface area contributed by atoms with Gasteiger partial charge in [0.1, 0.15) is 11.6 Å². The number of halogens is 2. The normalized spacial score (nSPS) is 17.1. The van der Waals surface area contributed by atoms with Gasteiger partial charge in [0.05, 0.1) is 31.2 Å². The SMILES string of the molecule is COC(=O)CC(NC(=O)C1CC(=O)N(c2ccccc2F)C1)c1ccc(F)cc1. The lowest BCUT2D eigenvalue weighted by Gasteiger charge is -2.21. The van der Waals surface area contributed by atoms with Gasteiger partial charge in [-0.3, -0.25) is 14.4 Å². The summed E-state index contributed by atoms with van der Waals surface area (Å²) in [4.78, 5) is 38.1. The first-order valence-corrected chi connectivity index (χ1v) is 9.06. The molecule has 2 aromatic carbocycles. The largest absolute Gasteiger partial charge is 0.469 e. The zero-order valence-electron chi connectivity index (χ0n) is 15.7. The molecule has 29 heavy (non-hydrogen) atoms. The second-order valence-corrected chi connectivity index (χ2v) is 6.75. The third-order valence-corrected chi connectivity index (χ3v) is 4.83. The van der Waals surface area contributed by atoms with Gasteiger partial charge in [-0.2, -0.15) is 0 Å². The fourth-order valence-electron chi connectivity index (χ4n) is 3.27. The van der Waals surface area contributed by atoms with Crippen LogP contribution >= 0.6 is 0 Å². The highest BCUT2D eigenvalue weighted by atomic mass is 19.1. The smallest absolute Gasteiger partial charge is 0.307 e. The van der Waals surface area contributed by atoms with E-state index >= 15 is 0 Å². The van der Waals surface area contributed by atoms with E-state index in [0.29, 0.717) is 5.56 Å². The minimum Gasteiger partial charge on any atom is -0.469 e. The van der Waals surface area contributed by atoms with Crippen LogP contribution in [0, 0.1) is 17.6 Å². The van der Waals surface area contributed by atoms with Gasteiger partial charge in [-0.15, -0.1) is 0 Å². The molecule has 152 valence electrons. The maximum absolute atomic E-state index is 14.0. The minimum absolute atomic E-state index is 0.0277. The van der Waals surface area contributed by atoms with Gasteiger partial charge >= 0.3 is 5.97 Å². The molecular formula is C21H20F2N2O4. The zero-order valence-corrected chi connectivity index (χ0v) is 15.7. The number of hydrogen-bond donors (Lipinski definition) is 1. The van der Waals surface area contributed by atoms with Crippen molar-refractivity contribution in [3.63, 3.8) is 0 Å². The third-order valence-electron chi connectivity index (χ3n) is 4.83. The highest BCUT2D eigenvalue weighted by molar-refractivity contribution is 6.00. The second-order valence-electron chi connectivity index (χ2n) is 6.75. The van der Waals surface area contributed by atoms with Crippen molar-refractivity contribution in [2.75, 3.05) is 18.6 Å². The van der Waals surface area contributed by atoms with Crippen LogP contribution in [0.25, 0.3) is 0 Å². The molecule has 2 aromatic rings. The van der Waals surface area contributed by atoms with Gasteiger partial charge < -0.3 is 15.0 Å². The highest BCUT2D eigenvalue weighted by Gasteiger charge is 2.37. The van der Waals surface area contributed by atoms with Crippen LogP contribution in [0.5, 0.6) is 0 Å². The predicted molar refractivity (Wildman–Crippen MR) is 101 cm³/mol. The molecule has 1 N–H and O–H groups in total. The molecule has 8 heteroatoms. The van der Waals surface area contributed by atoms with Gasteiger partial charge in [0.2, 0.25) is 11.8 Å². The monoisotopic (exact) mass is 402 g/mol. The number of anilines is 1. The Balaban J connectivity index is 1.74. The van der Waals surface area contributed by atoms with Gasteiger partial charge in [-0.05, 0) is 29.8 Å². The summed E-state index contributed by atoms with van der Waals surface area (Å²) in [7, 11) is 1.23. The summed E-state index contributed by atoms with van der Waals surface area (Å²) in [5, 5.41) is 2.73. The number of hydrogen-bond acceptors (Lipinski definition) is 4. The van der Waals surface area contributed by atoms with Crippen LogP contribution in [0.15, 0.2) is 48.5 Å². The molecule has 0 saturated carbocycles. The number of amides is 2. The van der Waals surface area contributed by atoms with Crippen LogP contribution in [0.2, 0.25) is 0 Å². The van der Waals surface area contributed by atoms with E-state index in [1.807, 2.05) is 0 Å². The maximum Gasteiger partial charge on any atom is 0.307 e. The molecule has 2 atom stereocenters. The molecule has 0 bridgehead atoms. The van der Waals surface area contributed by atoms with Crippen molar-refractivity contribution in [2.24, 2.45) is 5.92 Å². The topological polar surface area (TPSA) is 75.7 Å². The number of methoxy groups -OCH3 is 1. The molecule has 2 unspecified atom stereocenters. The average molecular weight is 402 g/mol. The number of ether oxygens (including phenoxy) is 1. The van der Waals surface area contributed by atoms with Gasteiger partial charge in [0.25, 0.3) is 0 Å². The standard InChI is InChI=1S/C21H20F2N2O4/c1-29-20(27)11-17(13-6-8-15(22)9-7-13)24-21(28)14-10-19(26)25(12-14)18-5-3-2-4-16(18)23/h2-9,14,17H,10-12H2,1H3,(H,24,28). The van der Waals surface area contributed by atoms with Crippen molar-refractivity contribution in [3.8, 4) is 0 Å². The van der Waals surface area contributed by atoms with E-state index in [1.54, 1.807) is 6.07 Å². The Morgan fingerprint density at radius 3 is 2.52 bits per heavy atom. The van der Waals surface area contributed by atoms with E-state index in [2.05, 4.69) is 10.1 Å². The Morgan fingerprint density at radius 1 is 1.17 bits per heavy atom. The number of nitrogens with zero attached hydrogens (tertiary/aromatic N) is 1. The first-order chi connectivity index (χ1) is 13.9. The van der Waals surface area contributed by atoms with Crippen LogP contribution in [0.1, 0.15) is 24.4 Å². The first kappa shape index (κ1) is 20.4. The highest BCUT2D eigenvalue weighted by Crippen LogP contribution is 2.28. The third kappa shape index (κ3) is 4.77. The van der Waals surface area contributed by atoms with Crippen molar-refractivity contribution in [3.05, 3.63) is 65.7 Å². The summed E-state index contributed by atoms with van der Waals surface area (Å²) >= 11 is 0. The number of benzene rings is 2. The number of carbonyl (C=O) groups excluding carboxylic acids is 3. The van der Waals surface area contributed by atoms with Gasteiger partial charge in [0, 0.05) is 13.0 Å². The Bertz CT molecular complexity index is 917. The fourth-order valence-corrected chi connectivity index (χ4v) is 3.27. The summed E-state index contributed by atoms with van der Waals surface area (Å²) < 4.78 is 31.9. The van der Waals surface area contributed by atoms with Crippen LogP contribution in [0.4, 0.5) is 14.5 Å². The number of nitrogens with one attached hydrogen (secondary N) is 1. The van der Waals surface area contributed by atoms with E-state index in [9.17, 15) is 23.2 Å². The molecule has 1 aliphatic rings. The summed E-state index contributed by atoms with van der Waals surface area (Å²) in [5.41, 5.74) is 0.651. The molecule has 1 aliphatic heterocycles. The van der Waals surface area contributed by atoms with E-state index in [4.69, 9.17) is 0 Å². The fraction of sp³-hybridized carbons (Fsp3) is 0.286. The Labute approximate surface area is 166 Å². The summed E-state index contributed by atoms with van der Waals surface area (Å²) in [5.74, 6) is -3.05. The number of esters is 1. The molecular weight excluding hydrogens is 382 g/mol. The molecule has 6 nitrogen and oxygen atoms in total. The van der Waals surface area contributed by atoms with Crippen LogP contribution < -0.4 is 10.2 Å². The molecule has 0 spiro atoms. The molecule has 0 radical (unpaired) electrons. The lowest BCUT2D eigenvalue weighted by molar-refractivity contribution is -0.141. The van der Waals surface area contributed by atoms with Crippen molar-refractivity contribution in [1.29, 1.82) is 0 Å². The molecule has 1 saturated heterocycles. The average Bonchev–Trinajstić information content (AvgIpc) is 3.10. The van der Waals surface area contributed by atoms with Gasteiger partial charge in [0.15, 0.2) is 0 Å². The molecule has 3 rings (SSSR count). The Hall–Kier alpha value is -3.29. The summed E-state index contributed by atoms with van der Waals surface area (Å²) in [6.07, 6.45) is -0.222. The van der Waals surface area contributed by atoms with Crippen LogP contribution in [-0.4, -0.2) is 31.4 Å². The van der Waals surface area contributed by atoms with Gasteiger partial charge in [-0.25, -0.2) is 8.78 Å². The predicted octanol–water partition coefficient (Wildman–Crippen LogP) is 2.74. The quantitative estimate of drug-likeness (QED) is 0.754. The van der Waals surface area contributed by atoms with Crippen molar-refractivity contribution in [2.45, 2.75) is 18.9 Å². The zero-order chi connectivity index (χ0) is 21.0. The number of para-hydroxylation sites is 1. The molecule has 0 aromatic heterocycles. The van der Waals surface area contributed by atoms with E-state index in [0.717, 1.165) is 0 Å². The Morgan fingerprint density at radius 2 is 1.86 bits per heavy atom. The van der Waals surface area contributed by atoms with E-state index < -0.39 is 35.5 Å².